The van der Waals surface area contributed by atoms with Crippen LogP contribution in [0.1, 0.15) is 120 Å². The van der Waals surface area contributed by atoms with Gasteiger partial charge in [0.05, 0.1) is 9.77 Å². The van der Waals surface area contributed by atoms with Gasteiger partial charge >= 0.3 is 0 Å². The van der Waals surface area contributed by atoms with Crippen molar-refractivity contribution in [3.8, 4) is 0 Å². The lowest BCUT2D eigenvalue weighted by atomic mass is 10.0. The summed E-state index contributed by atoms with van der Waals surface area (Å²) in [5.41, 5.74) is 0.576. The van der Waals surface area contributed by atoms with E-state index in [-0.39, 0.29) is 5.91 Å². The first-order valence-corrected chi connectivity index (χ1v) is 12.3. The number of rotatable bonds is 18. The van der Waals surface area contributed by atoms with Crippen molar-refractivity contribution in [2.45, 2.75) is 110 Å². The second-order valence-corrected chi connectivity index (χ2v) is 8.81. The van der Waals surface area contributed by atoms with Crippen LogP contribution in [0, 0.1) is 3.57 Å². The van der Waals surface area contributed by atoms with Crippen LogP contribution in [-0.4, -0.2) is 22.6 Å². The quantitative estimate of drug-likeness (QED) is 0.172. The van der Waals surface area contributed by atoms with Crippen molar-refractivity contribution < 1.29 is 4.79 Å². The Balaban J connectivity index is 1.76. The number of carbonyl (C=O) groups is 1. The highest BCUT2D eigenvalue weighted by atomic mass is 127. The summed E-state index contributed by atoms with van der Waals surface area (Å²) >= 11 is 2.12. The molecule has 0 spiro atoms. The van der Waals surface area contributed by atoms with Gasteiger partial charge in [0.1, 0.15) is 5.69 Å². The number of hydrogen-bond acceptors (Lipinski definition) is 2. The van der Waals surface area contributed by atoms with Crippen LogP contribution in [0.4, 0.5) is 0 Å². The molecular weight excluding hydrogens is 449 g/mol. The number of halogens is 1. The van der Waals surface area contributed by atoms with E-state index in [0.29, 0.717) is 5.69 Å². The fourth-order valence-electron chi connectivity index (χ4n) is 3.39. The van der Waals surface area contributed by atoms with Crippen LogP contribution in [0.2, 0.25) is 0 Å². The highest BCUT2D eigenvalue weighted by Gasteiger charge is 2.10. The van der Waals surface area contributed by atoms with Gasteiger partial charge in [-0.1, -0.05) is 103 Å². The minimum Gasteiger partial charge on any atom is -0.351 e. The molecule has 1 aromatic rings. The number of nitrogens with zero attached hydrogens (tertiary/aromatic N) is 1. The summed E-state index contributed by atoms with van der Waals surface area (Å²) in [6.45, 7) is 3.04. The lowest BCUT2D eigenvalue weighted by molar-refractivity contribution is 0.0947. The molecule has 0 aliphatic heterocycles. The normalized spacial score (nSPS) is 11.0. The average molecular weight is 489 g/mol. The van der Waals surface area contributed by atoms with Crippen molar-refractivity contribution in [3.05, 3.63) is 15.5 Å². The Morgan fingerprint density at radius 1 is 0.852 bits per heavy atom. The van der Waals surface area contributed by atoms with Crippen molar-refractivity contribution >= 4 is 28.5 Å². The SMILES string of the molecule is CCCCCCCCCCCCCCCCCCNC(=O)c1[nH]ncc1I. The van der Waals surface area contributed by atoms with Crippen molar-refractivity contribution in [1.82, 2.24) is 15.5 Å². The van der Waals surface area contributed by atoms with Gasteiger partial charge in [-0.25, -0.2) is 0 Å². The zero-order chi connectivity index (χ0) is 19.6. The van der Waals surface area contributed by atoms with Crippen LogP contribution in [0.15, 0.2) is 6.20 Å². The molecule has 0 atom stereocenters. The third kappa shape index (κ3) is 13.3. The smallest absolute Gasteiger partial charge is 0.270 e. The molecule has 0 saturated heterocycles. The number of H-pyrrole nitrogens is 1. The van der Waals surface area contributed by atoms with Gasteiger partial charge in [-0.2, -0.15) is 5.10 Å². The molecule has 1 aromatic heterocycles. The summed E-state index contributed by atoms with van der Waals surface area (Å²) in [5, 5.41) is 9.58. The summed E-state index contributed by atoms with van der Waals surface area (Å²) in [4.78, 5) is 11.9. The van der Waals surface area contributed by atoms with E-state index in [1.165, 1.54) is 96.3 Å². The second-order valence-electron chi connectivity index (χ2n) is 7.65. The van der Waals surface area contributed by atoms with Crippen LogP contribution < -0.4 is 5.32 Å². The van der Waals surface area contributed by atoms with Gasteiger partial charge in [0, 0.05) is 6.54 Å². The fourth-order valence-corrected chi connectivity index (χ4v) is 3.90. The molecule has 156 valence electrons. The molecule has 5 heteroatoms. The van der Waals surface area contributed by atoms with E-state index in [2.05, 4.69) is 45.0 Å². The average Bonchev–Trinajstić information content (AvgIpc) is 3.10. The van der Waals surface area contributed by atoms with E-state index >= 15 is 0 Å². The molecular formula is C22H40IN3O. The third-order valence-electron chi connectivity index (χ3n) is 5.14. The molecule has 0 aliphatic carbocycles. The lowest BCUT2D eigenvalue weighted by Gasteiger charge is -2.05. The van der Waals surface area contributed by atoms with Gasteiger partial charge in [0.15, 0.2) is 0 Å². The molecule has 0 unspecified atom stereocenters. The number of amides is 1. The van der Waals surface area contributed by atoms with Crippen molar-refractivity contribution in [2.75, 3.05) is 6.54 Å². The molecule has 1 amide bonds. The van der Waals surface area contributed by atoms with Gasteiger partial charge in [-0.05, 0) is 29.0 Å². The Morgan fingerprint density at radius 2 is 1.30 bits per heavy atom. The van der Waals surface area contributed by atoms with Crippen LogP contribution in [-0.2, 0) is 0 Å². The Hall–Kier alpha value is -0.590. The minimum atomic E-state index is -0.0436. The largest absolute Gasteiger partial charge is 0.351 e. The Bertz CT molecular complexity index is 476. The summed E-state index contributed by atoms with van der Waals surface area (Å²) in [6, 6.07) is 0. The van der Waals surface area contributed by atoms with Gasteiger partial charge in [0.25, 0.3) is 5.91 Å². The maximum atomic E-state index is 11.9. The molecule has 0 aliphatic rings. The van der Waals surface area contributed by atoms with Crippen LogP contribution in [0.25, 0.3) is 0 Å². The monoisotopic (exact) mass is 489 g/mol. The Kier molecular flexibility index (Phi) is 15.8. The Labute approximate surface area is 180 Å². The molecule has 4 nitrogen and oxygen atoms in total. The van der Waals surface area contributed by atoms with Gasteiger partial charge in [-0.15, -0.1) is 0 Å². The summed E-state index contributed by atoms with van der Waals surface area (Å²) < 4.78 is 0.872. The molecule has 0 fully saturated rings. The maximum Gasteiger partial charge on any atom is 0.270 e. The summed E-state index contributed by atoms with van der Waals surface area (Å²) in [7, 11) is 0. The highest BCUT2D eigenvalue weighted by Crippen LogP contribution is 2.13. The van der Waals surface area contributed by atoms with E-state index in [1.54, 1.807) is 6.20 Å². The lowest BCUT2D eigenvalue weighted by Crippen LogP contribution is -2.25. The number of aromatic nitrogens is 2. The van der Waals surface area contributed by atoms with Crippen LogP contribution in [0.5, 0.6) is 0 Å². The first-order valence-electron chi connectivity index (χ1n) is 11.2. The van der Waals surface area contributed by atoms with Gasteiger partial charge < -0.3 is 5.32 Å². The molecule has 0 aromatic carbocycles. The van der Waals surface area contributed by atoms with E-state index in [9.17, 15) is 4.79 Å². The topological polar surface area (TPSA) is 57.8 Å². The predicted molar refractivity (Wildman–Crippen MR) is 123 cm³/mol. The van der Waals surface area contributed by atoms with E-state index in [0.717, 1.165) is 16.5 Å². The number of hydrogen-bond donors (Lipinski definition) is 2. The maximum absolute atomic E-state index is 11.9. The second kappa shape index (κ2) is 17.5. The van der Waals surface area contributed by atoms with Gasteiger partial charge in [0.2, 0.25) is 0 Å². The Morgan fingerprint density at radius 3 is 1.70 bits per heavy atom. The number of unbranched alkanes of at least 4 members (excludes halogenated alkanes) is 15. The number of aromatic amines is 1. The van der Waals surface area contributed by atoms with Crippen molar-refractivity contribution in [2.24, 2.45) is 0 Å². The minimum absolute atomic E-state index is 0.0436. The molecule has 27 heavy (non-hydrogen) atoms. The van der Waals surface area contributed by atoms with E-state index in [1.807, 2.05) is 0 Å². The standard InChI is InChI=1S/C22H40IN3O/c1-2-3-4-5-6-7-8-9-10-11-12-13-14-15-16-17-18-24-22(27)21-20(23)19-25-26-21/h19H,2-18H2,1H3,(H,24,27)(H,25,26). The molecule has 2 N–H and O–H groups in total. The summed E-state index contributed by atoms with van der Waals surface area (Å²) in [5.74, 6) is -0.0436. The predicted octanol–water partition coefficient (Wildman–Crippen LogP) is 7.01. The number of nitrogens with one attached hydrogen (secondary N) is 2. The van der Waals surface area contributed by atoms with E-state index in [4.69, 9.17) is 0 Å². The molecule has 0 saturated carbocycles. The van der Waals surface area contributed by atoms with E-state index < -0.39 is 0 Å². The van der Waals surface area contributed by atoms with Crippen LogP contribution in [0.3, 0.4) is 0 Å². The zero-order valence-corrected chi connectivity index (χ0v) is 19.5. The number of carbonyl (C=O) groups excluding carboxylic acids is 1. The van der Waals surface area contributed by atoms with Crippen LogP contribution >= 0.6 is 22.6 Å². The zero-order valence-electron chi connectivity index (χ0n) is 17.3. The highest BCUT2D eigenvalue weighted by molar-refractivity contribution is 14.1. The van der Waals surface area contributed by atoms with Crippen molar-refractivity contribution in [3.63, 3.8) is 0 Å². The summed E-state index contributed by atoms with van der Waals surface area (Å²) in [6.07, 6.45) is 23.6. The molecule has 1 heterocycles. The molecule has 0 bridgehead atoms. The molecule has 0 radical (unpaired) electrons. The molecule has 1 rings (SSSR count). The van der Waals surface area contributed by atoms with Crippen molar-refractivity contribution in [1.29, 1.82) is 0 Å². The first-order chi connectivity index (χ1) is 13.3. The first kappa shape index (κ1) is 24.4. The fraction of sp³-hybridized carbons (Fsp3) is 0.818. The third-order valence-corrected chi connectivity index (χ3v) is 5.95. The van der Waals surface area contributed by atoms with Gasteiger partial charge in [-0.3, -0.25) is 9.89 Å².